The Kier molecular flexibility index (Phi) is 5.33. The van der Waals surface area contributed by atoms with Gasteiger partial charge >= 0.3 is 0 Å². The number of amides is 1. The van der Waals surface area contributed by atoms with Crippen molar-refractivity contribution in [1.29, 1.82) is 0 Å². The molecule has 0 unspecified atom stereocenters. The number of rotatable bonds is 3. The van der Waals surface area contributed by atoms with E-state index in [9.17, 15) is 4.79 Å². The first-order valence-electron chi connectivity index (χ1n) is 4.73. The minimum Gasteiger partial charge on any atom is -0.343 e. The van der Waals surface area contributed by atoms with Crippen molar-refractivity contribution in [3.8, 4) is 0 Å². The van der Waals surface area contributed by atoms with Crippen LogP contribution in [0.4, 0.5) is 0 Å². The molecule has 0 bridgehead atoms. The number of carbonyl (C=O) groups excluding carboxylic acids is 1. The SMILES string of the molecule is CCN(CC)C(=O)C1CC(N)C1.Cl. The van der Waals surface area contributed by atoms with E-state index in [-0.39, 0.29) is 24.4 Å². The monoisotopic (exact) mass is 206 g/mol. The van der Waals surface area contributed by atoms with Crippen LogP contribution < -0.4 is 5.73 Å². The standard InChI is InChI=1S/C9H18N2O.ClH/c1-3-11(4-2)9(12)7-5-8(10)6-7;/h7-8H,3-6,10H2,1-2H3;1H. The maximum Gasteiger partial charge on any atom is 0.225 e. The Morgan fingerprint density at radius 1 is 1.38 bits per heavy atom. The molecule has 0 aromatic heterocycles. The van der Waals surface area contributed by atoms with Crippen LogP contribution in [-0.4, -0.2) is 29.9 Å². The molecule has 0 radical (unpaired) electrons. The van der Waals surface area contributed by atoms with E-state index in [2.05, 4.69) is 0 Å². The van der Waals surface area contributed by atoms with Crippen molar-refractivity contribution >= 4 is 18.3 Å². The first-order chi connectivity index (χ1) is 5.69. The summed E-state index contributed by atoms with van der Waals surface area (Å²) in [5.74, 6) is 0.515. The maximum atomic E-state index is 11.6. The molecular formula is C9H19ClN2O. The lowest BCUT2D eigenvalue weighted by Gasteiger charge is -2.34. The molecule has 0 aliphatic heterocycles. The van der Waals surface area contributed by atoms with Crippen molar-refractivity contribution in [2.24, 2.45) is 11.7 Å². The van der Waals surface area contributed by atoms with Gasteiger partial charge in [0, 0.05) is 25.0 Å². The van der Waals surface area contributed by atoms with Crippen LogP contribution in [-0.2, 0) is 4.79 Å². The molecule has 0 aromatic carbocycles. The maximum absolute atomic E-state index is 11.6. The van der Waals surface area contributed by atoms with Crippen molar-refractivity contribution in [3.63, 3.8) is 0 Å². The summed E-state index contributed by atoms with van der Waals surface area (Å²) in [6.07, 6.45) is 1.77. The molecule has 0 saturated heterocycles. The van der Waals surface area contributed by atoms with E-state index in [0.717, 1.165) is 25.9 Å². The number of halogens is 1. The van der Waals surface area contributed by atoms with E-state index in [4.69, 9.17) is 5.73 Å². The molecule has 1 saturated carbocycles. The van der Waals surface area contributed by atoms with Gasteiger partial charge < -0.3 is 10.6 Å². The van der Waals surface area contributed by atoms with E-state index in [0.29, 0.717) is 5.91 Å². The summed E-state index contributed by atoms with van der Waals surface area (Å²) in [5.41, 5.74) is 5.62. The topological polar surface area (TPSA) is 46.3 Å². The molecule has 1 aliphatic rings. The highest BCUT2D eigenvalue weighted by atomic mass is 35.5. The van der Waals surface area contributed by atoms with Gasteiger partial charge in [0.25, 0.3) is 0 Å². The van der Waals surface area contributed by atoms with Crippen molar-refractivity contribution in [3.05, 3.63) is 0 Å². The van der Waals surface area contributed by atoms with Gasteiger partial charge in [-0.15, -0.1) is 12.4 Å². The summed E-state index contributed by atoms with van der Waals surface area (Å²) in [6, 6.07) is 0.273. The van der Waals surface area contributed by atoms with E-state index >= 15 is 0 Å². The second-order valence-electron chi connectivity index (χ2n) is 3.44. The molecule has 4 heteroatoms. The molecule has 78 valence electrons. The van der Waals surface area contributed by atoms with Crippen LogP contribution in [0.1, 0.15) is 26.7 Å². The van der Waals surface area contributed by atoms with Gasteiger partial charge in [-0.1, -0.05) is 0 Å². The average molecular weight is 207 g/mol. The summed E-state index contributed by atoms with van der Waals surface area (Å²) >= 11 is 0. The Hall–Kier alpha value is -0.280. The van der Waals surface area contributed by atoms with Crippen LogP contribution in [0.5, 0.6) is 0 Å². The Labute approximate surface area is 86.1 Å². The third kappa shape index (κ3) is 2.85. The van der Waals surface area contributed by atoms with Crippen molar-refractivity contribution < 1.29 is 4.79 Å². The highest BCUT2D eigenvalue weighted by Crippen LogP contribution is 2.27. The van der Waals surface area contributed by atoms with Gasteiger partial charge in [0.1, 0.15) is 0 Å². The largest absolute Gasteiger partial charge is 0.343 e. The van der Waals surface area contributed by atoms with Gasteiger partial charge in [0.15, 0.2) is 0 Å². The van der Waals surface area contributed by atoms with Gasteiger partial charge in [0.2, 0.25) is 5.91 Å². The van der Waals surface area contributed by atoms with Crippen LogP contribution in [0.2, 0.25) is 0 Å². The predicted octanol–water partition coefficient (Wildman–Crippen LogP) is 1.01. The van der Waals surface area contributed by atoms with Gasteiger partial charge in [-0.25, -0.2) is 0 Å². The summed E-state index contributed by atoms with van der Waals surface area (Å²) in [6.45, 7) is 5.67. The summed E-state index contributed by atoms with van der Waals surface area (Å²) in [7, 11) is 0. The van der Waals surface area contributed by atoms with Gasteiger partial charge in [0.05, 0.1) is 0 Å². The Balaban J connectivity index is 0.00000144. The molecule has 13 heavy (non-hydrogen) atoms. The van der Waals surface area contributed by atoms with Gasteiger partial charge in [-0.05, 0) is 26.7 Å². The van der Waals surface area contributed by atoms with Crippen molar-refractivity contribution in [2.45, 2.75) is 32.7 Å². The zero-order chi connectivity index (χ0) is 9.14. The summed E-state index contributed by atoms with van der Waals surface area (Å²) < 4.78 is 0. The second-order valence-corrected chi connectivity index (χ2v) is 3.44. The lowest BCUT2D eigenvalue weighted by molar-refractivity contribution is -0.138. The summed E-state index contributed by atoms with van der Waals surface area (Å²) in [5, 5.41) is 0. The van der Waals surface area contributed by atoms with Crippen molar-refractivity contribution in [1.82, 2.24) is 4.90 Å². The summed E-state index contributed by atoms with van der Waals surface area (Å²) in [4.78, 5) is 13.5. The fraction of sp³-hybridized carbons (Fsp3) is 0.889. The minimum absolute atomic E-state index is 0. The molecule has 2 N–H and O–H groups in total. The van der Waals surface area contributed by atoms with E-state index < -0.39 is 0 Å². The molecule has 1 rings (SSSR count). The fourth-order valence-corrected chi connectivity index (χ4v) is 1.66. The quantitative estimate of drug-likeness (QED) is 0.750. The first-order valence-corrected chi connectivity index (χ1v) is 4.73. The zero-order valence-corrected chi connectivity index (χ0v) is 9.14. The van der Waals surface area contributed by atoms with Gasteiger partial charge in [-0.2, -0.15) is 0 Å². The average Bonchev–Trinajstić information content (AvgIpc) is 2.01. The number of nitrogens with two attached hydrogens (primary N) is 1. The lowest BCUT2D eigenvalue weighted by Crippen LogP contribution is -2.46. The van der Waals surface area contributed by atoms with Crippen LogP contribution in [0.15, 0.2) is 0 Å². The normalized spacial score (nSPS) is 25.8. The molecule has 0 heterocycles. The molecule has 1 aliphatic carbocycles. The molecule has 0 aromatic rings. The molecule has 1 amide bonds. The predicted molar refractivity (Wildman–Crippen MR) is 55.9 cm³/mol. The molecule has 0 spiro atoms. The molecule has 0 atom stereocenters. The molecular weight excluding hydrogens is 188 g/mol. The van der Waals surface area contributed by atoms with Crippen LogP contribution in [0.3, 0.4) is 0 Å². The van der Waals surface area contributed by atoms with E-state index in [1.807, 2.05) is 18.7 Å². The van der Waals surface area contributed by atoms with Crippen LogP contribution in [0.25, 0.3) is 0 Å². The number of nitrogens with zero attached hydrogens (tertiary/aromatic N) is 1. The highest BCUT2D eigenvalue weighted by molar-refractivity contribution is 5.85. The first kappa shape index (κ1) is 12.7. The van der Waals surface area contributed by atoms with Crippen LogP contribution in [0, 0.1) is 5.92 Å². The molecule has 1 fully saturated rings. The second kappa shape index (κ2) is 5.45. The third-order valence-corrected chi connectivity index (χ3v) is 2.60. The minimum atomic E-state index is 0. The van der Waals surface area contributed by atoms with E-state index in [1.165, 1.54) is 0 Å². The van der Waals surface area contributed by atoms with Gasteiger partial charge in [-0.3, -0.25) is 4.79 Å². The lowest BCUT2D eigenvalue weighted by atomic mass is 9.80. The number of hydrogen-bond acceptors (Lipinski definition) is 2. The zero-order valence-electron chi connectivity index (χ0n) is 8.32. The Bertz CT molecular complexity index is 165. The van der Waals surface area contributed by atoms with Crippen LogP contribution >= 0.6 is 12.4 Å². The van der Waals surface area contributed by atoms with E-state index in [1.54, 1.807) is 0 Å². The third-order valence-electron chi connectivity index (χ3n) is 2.60. The smallest absolute Gasteiger partial charge is 0.225 e. The van der Waals surface area contributed by atoms with Crippen molar-refractivity contribution in [2.75, 3.05) is 13.1 Å². The Morgan fingerprint density at radius 3 is 2.15 bits per heavy atom. The number of carbonyl (C=O) groups is 1. The Morgan fingerprint density at radius 2 is 1.85 bits per heavy atom. The number of hydrogen-bond donors (Lipinski definition) is 1. The fourth-order valence-electron chi connectivity index (χ4n) is 1.66. The molecule has 3 nitrogen and oxygen atoms in total. The highest BCUT2D eigenvalue weighted by Gasteiger charge is 2.33.